The number of anilines is 2. The van der Waals surface area contributed by atoms with Crippen molar-refractivity contribution < 1.29 is 28.2 Å². The molecule has 166 valence electrons. The molecule has 9 heteroatoms. The van der Waals surface area contributed by atoms with E-state index in [4.69, 9.17) is 25.8 Å². The van der Waals surface area contributed by atoms with E-state index >= 15 is 0 Å². The van der Waals surface area contributed by atoms with E-state index in [0.717, 1.165) is 6.07 Å². The average Bonchev–Trinajstić information content (AvgIpc) is 2.78. The number of rotatable bonds is 7. The SMILES string of the molecule is COc1ccc(C(=O)Nc2ccc(OC)c(NC(=O)c3ccc(Cl)cc3F)c2)c(OC)c1. The molecule has 0 unspecified atom stereocenters. The molecule has 3 aromatic rings. The molecular weight excluding hydrogens is 439 g/mol. The Morgan fingerprint density at radius 1 is 0.781 bits per heavy atom. The summed E-state index contributed by atoms with van der Waals surface area (Å²) in [6.07, 6.45) is 0. The molecule has 0 aliphatic heterocycles. The van der Waals surface area contributed by atoms with E-state index in [9.17, 15) is 14.0 Å². The van der Waals surface area contributed by atoms with E-state index in [1.807, 2.05) is 0 Å². The van der Waals surface area contributed by atoms with Gasteiger partial charge in [-0.05, 0) is 48.5 Å². The van der Waals surface area contributed by atoms with Crippen molar-refractivity contribution in [2.45, 2.75) is 0 Å². The first-order valence-corrected chi connectivity index (χ1v) is 9.72. The zero-order valence-corrected chi connectivity index (χ0v) is 18.2. The summed E-state index contributed by atoms with van der Waals surface area (Å²) in [4.78, 5) is 25.3. The number of benzene rings is 3. The van der Waals surface area contributed by atoms with Gasteiger partial charge in [-0.25, -0.2) is 4.39 Å². The first-order valence-electron chi connectivity index (χ1n) is 9.34. The molecule has 0 aliphatic rings. The summed E-state index contributed by atoms with van der Waals surface area (Å²) in [5, 5.41) is 5.50. The number of carbonyl (C=O) groups is 2. The molecule has 0 saturated heterocycles. The quantitative estimate of drug-likeness (QED) is 0.520. The average molecular weight is 459 g/mol. The molecule has 0 radical (unpaired) electrons. The molecule has 2 N–H and O–H groups in total. The minimum absolute atomic E-state index is 0.176. The Hall–Kier alpha value is -3.78. The number of methoxy groups -OCH3 is 3. The second-order valence-corrected chi connectivity index (χ2v) is 6.95. The molecular formula is C23H20ClFN2O5. The Bertz CT molecular complexity index is 1170. The van der Waals surface area contributed by atoms with Crippen molar-refractivity contribution in [2.75, 3.05) is 32.0 Å². The third kappa shape index (κ3) is 5.09. The first-order chi connectivity index (χ1) is 15.4. The third-order valence-corrected chi connectivity index (χ3v) is 4.77. The highest BCUT2D eigenvalue weighted by Crippen LogP contribution is 2.30. The number of carbonyl (C=O) groups excluding carboxylic acids is 2. The van der Waals surface area contributed by atoms with E-state index in [1.165, 1.54) is 39.5 Å². The second-order valence-electron chi connectivity index (χ2n) is 6.51. The molecule has 7 nitrogen and oxygen atoms in total. The fraction of sp³-hybridized carbons (Fsp3) is 0.130. The Morgan fingerprint density at radius 3 is 2.12 bits per heavy atom. The first kappa shape index (κ1) is 22.9. The number of amides is 2. The predicted octanol–water partition coefficient (Wildman–Crippen LogP) is 5.01. The minimum atomic E-state index is -0.759. The lowest BCUT2D eigenvalue weighted by Gasteiger charge is -2.14. The maximum absolute atomic E-state index is 14.1. The molecule has 0 spiro atoms. The molecule has 0 bridgehead atoms. The molecule has 0 aromatic heterocycles. The van der Waals surface area contributed by atoms with Crippen molar-refractivity contribution in [3.63, 3.8) is 0 Å². The maximum Gasteiger partial charge on any atom is 0.259 e. The summed E-state index contributed by atoms with van der Waals surface area (Å²) < 4.78 is 29.8. The summed E-state index contributed by atoms with van der Waals surface area (Å²) in [6, 6.07) is 13.2. The van der Waals surface area contributed by atoms with Crippen LogP contribution in [0.25, 0.3) is 0 Å². The lowest BCUT2D eigenvalue weighted by atomic mass is 10.1. The van der Waals surface area contributed by atoms with Gasteiger partial charge < -0.3 is 24.8 Å². The van der Waals surface area contributed by atoms with Crippen molar-refractivity contribution in [1.29, 1.82) is 0 Å². The van der Waals surface area contributed by atoms with Crippen LogP contribution < -0.4 is 24.8 Å². The van der Waals surface area contributed by atoms with Crippen molar-refractivity contribution in [2.24, 2.45) is 0 Å². The van der Waals surface area contributed by atoms with E-state index in [2.05, 4.69) is 10.6 Å². The van der Waals surface area contributed by atoms with Gasteiger partial charge in [0.1, 0.15) is 23.1 Å². The molecule has 0 heterocycles. The van der Waals surface area contributed by atoms with Crippen LogP contribution in [0.1, 0.15) is 20.7 Å². The van der Waals surface area contributed by atoms with Gasteiger partial charge in [-0.3, -0.25) is 9.59 Å². The van der Waals surface area contributed by atoms with Gasteiger partial charge in [-0.1, -0.05) is 11.6 Å². The number of halogens is 2. The standard InChI is InChI=1S/C23H20ClFN2O5/c1-30-15-6-8-17(21(12-15)32-3)23(29)26-14-5-9-20(31-2)19(11-14)27-22(28)16-7-4-13(24)10-18(16)25/h4-12H,1-3H3,(H,26,29)(H,27,28). The van der Waals surface area contributed by atoms with Gasteiger partial charge in [-0.15, -0.1) is 0 Å². The van der Waals surface area contributed by atoms with Crippen LogP contribution in [-0.2, 0) is 0 Å². The van der Waals surface area contributed by atoms with Crippen molar-refractivity contribution in [3.05, 3.63) is 76.6 Å². The highest BCUT2D eigenvalue weighted by molar-refractivity contribution is 6.30. The summed E-state index contributed by atoms with van der Waals surface area (Å²) in [7, 11) is 4.38. The molecule has 0 atom stereocenters. The normalized spacial score (nSPS) is 10.3. The molecule has 3 rings (SSSR count). The van der Waals surface area contributed by atoms with Crippen LogP contribution in [0.2, 0.25) is 5.02 Å². The fourth-order valence-electron chi connectivity index (χ4n) is 2.93. The zero-order valence-electron chi connectivity index (χ0n) is 17.5. The smallest absolute Gasteiger partial charge is 0.259 e. The number of nitrogens with one attached hydrogen (secondary N) is 2. The van der Waals surface area contributed by atoms with E-state index in [1.54, 1.807) is 30.3 Å². The molecule has 3 aromatic carbocycles. The largest absolute Gasteiger partial charge is 0.497 e. The van der Waals surface area contributed by atoms with Crippen LogP contribution >= 0.6 is 11.6 Å². The van der Waals surface area contributed by atoms with E-state index < -0.39 is 17.6 Å². The Labute approximate surface area is 189 Å². The van der Waals surface area contributed by atoms with Gasteiger partial charge in [0, 0.05) is 16.8 Å². The Balaban J connectivity index is 1.84. The van der Waals surface area contributed by atoms with Gasteiger partial charge in [0.2, 0.25) is 0 Å². The van der Waals surface area contributed by atoms with Crippen molar-refractivity contribution in [1.82, 2.24) is 0 Å². The van der Waals surface area contributed by atoms with Crippen LogP contribution in [0.3, 0.4) is 0 Å². The van der Waals surface area contributed by atoms with Crippen LogP contribution in [0.15, 0.2) is 54.6 Å². The molecule has 0 aliphatic carbocycles. The summed E-state index contributed by atoms with van der Waals surface area (Å²) >= 11 is 5.74. The monoisotopic (exact) mass is 458 g/mol. The van der Waals surface area contributed by atoms with Gasteiger partial charge >= 0.3 is 0 Å². The summed E-state index contributed by atoms with van der Waals surface area (Å²) in [5.74, 6) is -0.685. The Kier molecular flexibility index (Phi) is 7.17. The van der Waals surface area contributed by atoms with E-state index in [-0.39, 0.29) is 21.8 Å². The highest BCUT2D eigenvalue weighted by atomic mass is 35.5. The third-order valence-electron chi connectivity index (χ3n) is 4.53. The fourth-order valence-corrected chi connectivity index (χ4v) is 3.09. The summed E-state index contributed by atoms with van der Waals surface area (Å²) in [6.45, 7) is 0. The number of ether oxygens (including phenoxy) is 3. The number of hydrogen-bond acceptors (Lipinski definition) is 5. The van der Waals surface area contributed by atoms with E-state index in [0.29, 0.717) is 22.9 Å². The molecule has 0 fully saturated rings. The van der Waals surface area contributed by atoms with Gasteiger partial charge in [0.25, 0.3) is 11.8 Å². The van der Waals surface area contributed by atoms with Crippen LogP contribution in [-0.4, -0.2) is 33.1 Å². The van der Waals surface area contributed by atoms with Gasteiger partial charge in [-0.2, -0.15) is 0 Å². The topological polar surface area (TPSA) is 85.9 Å². The van der Waals surface area contributed by atoms with Crippen LogP contribution in [0, 0.1) is 5.82 Å². The number of hydrogen-bond donors (Lipinski definition) is 2. The minimum Gasteiger partial charge on any atom is -0.497 e. The van der Waals surface area contributed by atoms with Crippen LogP contribution in [0.4, 0.5) is 15.8 Å². The predicted molar refractivity (Wildman–Crippen MR) is 120 cm³/mol. The maximum atomic E-state index is 14.1. The van der Waals surface area contributed by atoms with Gasteiger partial charge in [0.05, 0.1) is 38.1 Å². The Morgan fingerprint density at radius 2 is 1.47 bits per heavy atom. The van der Waals surface area contributed by atoms with Gasteiger partial charge in [0.15, 0.2) is 0 Å². The molecule has 0 saturated carbocycles. The van der Waals surface area contributed by atoms with Crippen molar-refractivity contribution in [3.8, 4) is 17.2 Å². The van der Waals surface area contributed by atoms with Crippen molar-refractivity contribution >= 4 is 34.8 Å². The lowest BCUT2D eigenvalue weighted by molar-refractivity contribution is 0.101. The lowest BCUT2D eigenvalue weighted by Crippen LogP contribution is -2.16. The second kappa shape index (κ2) is 10.0. The van der Waals surface area contributed by atoms with Crippen LogP contribution in [0.5, 0.6) is 17.2 Å². The summed E-state index contributed by atoms with van der Waals surface area (Å²) in [5.41, 5.74) is 0.721. The highest BCUT2D eigenvalue weighted by Gasteiger charge is 2.17. The molecule has 32 heavy (non-hydrogen) atoms. The molecule has 2 amide bonds. The zero-order chi connectivity index (χ0) is 23.3.